The van der Waals surface area contributed by atoms with E-state index in [1.165, 1.54) is 10.8 Å². The fraction of sp³-hybridized carbons (Fsp3) is 0.333. The van der Waals surface area contributed by atoms with Crippen LogP contribution in [0.15, 0.2) is 60.7 Å². The predicted octanol–water partition coefficient (Wildman–Crippen LogP) is 3.23. The van der Waals surface area contributed by atoms with Crippen molar-refractivity contribution in [2.45, 2.75) is 37.1 Å². The number of hydrogen-bond acceptors (Lipinski definition) is 1. The van der Waals surface area contributed by atoms with Crippen molar-refractivity contribution >= 4 is 13.3 Å². The van der Waals surface area contributed by atoms with E-state index in [1.807, 2.05) is 12.1 Å². The molecule has 1 atom stereocenters. The molecule has 0 amide bonds. The van der Waals surface area contributed by atoms with E-state index >= 15 is 0 Å². The standard InChI is InChI=1S/C18H22OSi/c1-20(2,16-11-7-4-8-12-16)17(19)18(13-14-18)15-9-5-3-6-10-15/h3-12,17,19H,13-14H2,1-2H3. The second-order valence-corrected chi connectivity index (χ2v) is 11.1. The Morgan fingerprint density at radius 1 is 0.900 bits per heavy atom. The second kappa shape index (κ2) is 4.87. The fourth-order valence-corrected chi connectivity index (χ4v) is 6.55. The molecule has 0 radical (unpaired) electrons. The summed E-state index contributed by atoms with van der Waals surface area (Å²) in [5.41, 5.74) is 1.09. The topological polar surface area (TPSA) is 20.2 Å². The van der Waals surface area contributed by atoms with Gasteiger partial charge in [-0.25, -0.2) is 0 Å². The van der Waals surface area contributed by atoms with E-state index in [4.69, 9.17) is 0 Å². The molecule has 0 saturated heterocycles. The van der Waals surface area contributed by atoms with Crippen molar-refractivity contribution in [3.8, 4) is 0 Å². The van der Waals surface area contributed by atoms with E-state index in [1.54, 1.807) is 0 Å². The van der Waals surface area contributed by atoms with E-state index in [2.05, 4.69) is 61.6 Å². The summed E-state index contributed by atoms with van der Waals surface area (Å²) in [5, 5.41) is 12.5. The van der Waals surface area contributed by atoms with Gasteiger partial charge in [-0.3, -0.25) is 0 Å². The number of rotatable bonds is 4. The highest BCUT2D eigenvalue weighted by Crippen LogP contribution is 2.52. The van der Waals surface area contributed by atoms with Gasteiger partial charge in [-0.2, -0.15) is 0 Å². The normalized spacial score (nSPS) is 18.6. The van der Waals surface area contributed by atoms with E-state index < -0.39 is 8.07 Å². The molecular weight excluding hydrogens is 260 g/mol. The molecule has 0 heterocycles. The van der Waals surface area contributed by atoms with Crippen molar-refractivity contribution in [3.05, 3.63) is 66.2 Å². The monoisotopic (exact) mass is 282 g/mol. The molecule has 1 aliphatic carbocycles. The van der Waals surface area contributed by atoms with Crippen LogP contribution in [0.1, 0.15) is 18.4 Å². The van der Waals surface area contributed by atoms with Crippen LogP contribution in [-0.4, -0.2) is 18.9 Å². The van der Waals surface area contributed by atoms with Gasteiger partial charge in [-0.05, 0) is 18.4 Å². The van der Waals surface area contributed by atoms with Crippen LogP contribution in [-0.2, 0) is 5.41 Å². The van der Waals surface area contributed by atoms with Gasteiger partial charge in [0.1, 0.15) is 8.07 Å². The van der Waals surface area contributed by atoms with Gasteiger partial charge in [-0.1, -0.05) is 78.9 Å². The molecule has 0 aliphatic heterocycles. The van der Waals surface area contributed by atoms with Gasteiger partial charge < -0.3 is 5.11 Å². The number of hydrogen-bond donors (Lipinski definition) is 1. The Morgan fingerprint density at radius 2 is 1.40 bits per heavy atom. The maximum Gasteiger partial charge on any atom is 0.114 e. The van der Waals surface area contributed by atoms with Crippen LogP contribution in [0.25, 0.3) is 0 Å². The number of aliphatic hydroxyl groups is 1. The van der Waals surface area contributed by atoms with E-state index in [9.17, 15) is 5.11 Å². The largest absolute Gasteiger partial charge is 0.395 e. The zero-order chi connectivity index (χ0) is 14.2. The highest BCUT2D eigenvalue weighted by atomic mass is 28.3. The molecule has 1 unspecified atom stereocenters. The molecule has 2 aromatic rings. The quantitative estimate of drug-likeness (QED) is 0.854. The molecule has 2 heteroatoms. The minimum Gasteiger partial charge on any atom is -0.395 e. The Hall–Kier alpha value is -1.38. The third-order valence-electron chi connectivity index (χ3n) is 4.86. The predicted molar refractivity (Wildman–Crippen MR) is 86.9 cm³/mol. The van der Waals surface area contributed by atoms with Gasteiger partial charge in [0.05, 0.1) is 5.73 Å². The summed E-state index contributed by atoms with van der Waals surface area (Å²) in [6.07, 6.45) is 2.23. The Kier molecular flexibility index (Phi) is 3.31. The van der Waals surface area contributed by atoms with Gasteiger partial charge in [0.2, 0.25) is 0 Å². The van der Waals surface area contributed by atoms with Gasteiger partial charge in [-0.15, -0.1) is 0 Å². The SMILES string of the molecule is C[Si](C)(c1ccccc1)C(O)C1(c2ccccc2)CC1. The molecule has 0 bridgehead atoms. The lowest BCUT2D eigenvalue weighted by molar-refractivity contribution is 0.200. The van der Waals surface area contributed by atoms with E-state index in [0.29, 0.717) is 0 Å². The van der Waals surface area contributed by atoms with Gasteiger partial charge in [0.25, 0.3) is 0 Å². The molecule has 1 saturated carbocycles. The molecule has 2 aromatic carbocycles. The van der Waals surface area contributed by atoms with E-state index in [-0.39, 0.29) is 11.1 Å². The van der Waals surface area contributed by atoms with Gasteiger partial charge in [0, 0.05) is 5.41 Å². The molecule has 1 N–H and O–H groups in total. The van der Waals surface area contributed by atoms with Crippen LogP contribution in [0.5, 0.6) is 0 Å². The first-order valence-corrected chi connectivity index (χ1v) is 10.4. The van der Waals surface area contributed by atoms with Crippen molar-refractivity contribution in [1.29, 1.82) is 0 Å². The molecule has 104 valence electrons. The highest BCUT2D eigenvalue weighted by molar-refractivity contribution is 6.91. The smallest absolute Gasteiger partial charge is 0.114 e. The third kappa shape index (κ3) is 2.13. The minimum atomic E-state index is -1.88. The molecule has 0 spiro atoms. The summed E-state index contributed by atoms with van der Waals surface area (Å²) in [5.74, 6) is 0. The molecule has 0 aromatic heterocycles. The Morgan fingerprint density at radius 3 is 1.90 bits per heavy atom. The Labute approximate surface area is 122 Å². The lowest BCUT2D eigenvalue weighted by Gasteiger charge is -2.35. The van der Waals surface area contributed by atoms with Crippen LogP contribution in [0.3, 0.4) is 0 Å². The minimum absolute atomic E-state index is 0.00677. The van der Waals surface area contributed by atoms with Crippen molar-refractivity contribution in [1.82, 2.24) is 0 Å². The summed E-state index contributed by atoms with van der Waals surface area (Å²) in [7, 11) is -1.88. The third-order valence-corrected chi connectivity index (χ3v) is 8.60. The first kappa shape index (κ1) is 13.6. The molecule has 20 heavy (non-hydrogen) atoms. The van der Waals surface area contributed by atoms with Crippen LogP contribution in [0.4, 0.5) is 0 Å². The molecule has 1 aliphatic rings. The number of aliphatic hydroxyl groups excluding tert-OH is 1. The first-order valence-electron chi connectivity index (χ1n) is 7.36. The Bertz CT molecular complexity index is 531. The van der Waals surface area contributed by atoms with Crippen LogP contribution in [0, 0.1) is 0 Å². The summed E-state index contributed by atoms with van der Waals surface area (Å²) in [4.78, 5) is 0. The first-order chi connectivity index (χ1) is 9.57. The zero-order valence-corrected chi connectivity index (χ0v) is 13.2. The Balaban J connectivity index is 1.95. The lowest BCUT2D eigenvalue weighted by atomic mass is 9.97. The van der Waals surface area contributed by atoms with Gasteiger partial charge in [0.15, 0.2) is 0 Å². The summed E-state index contributed by atoms with van der Waals surface area (Å²) in [6, 6.07) is 21.1. The maximum atomic E-state index is 11.1. The lowest BCUT2D eigenvalue weighted by Crippen LogP contribution is -2.57. The summed E-state index contributed by atoms with van der Waals surface area (Å²) < 4.78 is 0. The van der Waals surface area contributed by atoms with Crippen molar-refractivity contribution in [2.24, 2.45) is 0 Å². The van der Waals surface area contributed by atoms with Crippen molar-refractivity contribution < 1.29 is 5.11 Å². The molecule has 1 fully saturated rings. The second-order valence-electron chi connectivity index (χ2n) is 6.51. The van der Waals surface area contributed by atoms with Crippen LogP contribution in [0.2, 0.25) is 13.1 Å². The zero-order valence-electron chi connectivity index (χ0n) is 12.2. The maximum absolute atomic E-state index is 11.1. The molecular formula is C18H22OSi. The summed E-state index contributed by atoms with van der Waals surface area (Å²) in [6.45, 7) is 4.58. The number of benzene rings is 2. The van der Waals surface area contributed by atoms with Crippen molar-refractivity contribution in [3.63, 3.8) is 0 Å². The summed E-state index contributed by atoms with van der Waals surface area (Å²) >= 11 is 0. The van der Waals surface area contributed by atoms with Gasteiger partial charge >= 0.3 is 0 Å². The average Bonchev–Trinajstić information content (AvgIpc) is 3.30. The highest BCUT2D eigenvalue weighted by Gasteiger charge is 2.56. The van der Waals surface area contributed by atoms with Crippen LogP contribution < -0.4 is 5.19 Å². The van der Waals surface area contributed by atoms with Crippen LogP contribution >= 0.6 is 0 Å². The average molecular weight is 282 g/mol. The fourth-order valence-electron chi connectivity index (χ4n) is 3.34. The van der Waals surface area contributed by atoms with E-state index in [0.717, 1.165) is 12.8 Å². The molecule has 3 rings (SSSR count). The van der Waals surface area contributed by atoms with Crippen molar-refractivity contribution in [2.75, 3.05) is 0 Å². The molecule has 1 nitrogen and oxygen atoms in total.